The predicted molar refractivity (Wildman–Crippen MR) is 63.3 cm³/mol. The van der Waals surface area contributed by atoms with Gasteiger partial charge in [-0.1, -0.05) is 12.1 Å². The Kier molecular flexibility index (Phi) is 3.22. The maximum absolute atomic E-state index is 13.7. The van der Waals surface area contributed by atoms with Crippen LogP contribution in [0.1, 0.15) is 16.5 Å². The molecule has 2 nitrogen and oxygen atoms in total. The zero-order chi connectivity index (χ0) is 11.5. The average molecular weight is 237 g/mol. The van der Waals surface area contributed by atoms with Gasteiger partial charge in [0.2, 0.25) is 0 Å². The van der Waals surface area contributed by atoms with Crippen molar-refractivity contribution >= 4 is 11.3 Å². The molecule has 4 heteroatoms. The molecule has 0 aliphatic carbocycles. The Morgan fingerprint density at radius 3 is 2.75 bits per heavy atom. The van der Waals surface area contributed by atoms with Gasteiger partial charge < -0.3 is 10.5 Å². The number of thiophene rings is 1. The topological polar surface area (TPSA) is 35.2 Å². The van der Waals surface area contributed by atoms with Gasteiger partial charge in [-0.2, -0.15) is 0 Å². The van der Waals surface area contributed by atoms with Gasteiger partial charge in [-0.05, 0) is 17.5 Å². The van der Waals surface area contributed by atoms with Crippen LogP contribution in [-0.4, -0.2) is 7.11 Å². The minimum Gasteiger partial charge on any atom is -0.497 e. The quantitative estimate of drug-likeness (QED) is 0.890. The largest absolute Gasteiger partial charge is 0.497 e. The Morgan fingerprint density at radius 2 is 2.19 bits per heavy atom. The van der Waals surface area contributed by atoms with Gasteiger partial charge in [0, 0.05) is 16.5 Å². The van der Waals surface area contributed by atoms with Gasteiger partial charge in [-0.3, -0.25) is 0 Å². The lowest BCUT2D eigenvalue weighted by Crippen LogP contribution is -2.12. The van der Waals surface area contributed by atoms with Gasteiger partial charge in [0.15, 0.2) is 0 Å². The maximum Gasteiger partial charge on any atom is 0.132 e. The first-order valence-electron chi connectivity index (χ1n) is 4.85. The summed E-state index contributed by atoms with van der Waals surface area (Å²) < 4.78 is 18.7. The van der Waals surface area contributed by atoms with Crippen molar-refractivity contribution in [2.45, 2.75) is 6.04 Å². The third-order valence-corrected chi connectivity index (χ3v) is 3.35. The minimum atomic E-state index is -0.411. The van der Waals surface area contributed by atoms with E-state index in [4.69, 9.17) is 10.5 Å². The molecule has 0 spiro atoms. The molecule has 0 aliphatic heterocycles. The number of benzene rings is 1. The molecule has 0 amide bonds. The van der Waals surface area contributed by atoms with Crippen molar-refractivity contribution in [2.75, 3.05) is 7.11 Å². The number of nitrogens with two attached hydrogens (primary N) is 1. The summed E-state index contributed by atoms with van der Waals surface area (Å²) in [6.07, 6.45) is 0. The molecule has 2 rings (SSSR count). The van der Waals surface area contributed by atoms with Crippen molar-refractivity contribution in [3.8, 4) is 5.75 Å². The van der Waals surface area contributed by atoms with E-state index < -0.39 is 6.04 Å². The highest BCUT2D eigenvalue weighted by Crippen LogP contribution is 2.27. The van der Waals surface area contributed by atoms with Gasteiger partial charge in [-0.15, -0.1) is 11.3 Å². The van der Waals surface area contributed by atoms with Crippen LogP contribution in [0.4, 0.5) is 4.39 Å². The van der Waals surface area contributed by atoms with Gasteiger partial charge in [0.1, 0.15) is 11.6 Å². The molecule has 0 radical (unpaired) electrons. The molecular formula is C12H12FNOS. The lowest BCUT2D eigenvalue weighted by atomic mass is 10.1. The fourth-order valence-electron chi connectivity index (χ4n) is 1.51. The molecule has 84 valence electrons. The van der Waals surface area contributed by atoms with Crippen molar-refractivity contribution in [1.29, 1.82) is 0 Å². The van der Waals surface area contributed by atoms with Crippen molar-refractivity contribution < 1.29 is 9.13 Å². The molecule has 0 saturated carbocycles. The monoisotopic (exact) mass is 237 g/mol. The first kappa shape index (κ1) is 11.1. The number of hydrogen-bond acceptors (Lipinski definition) is 3. The van der Waals surface area contributed by atoms with Crippen molar-refractivity contribution in [1.82, 2.24) is 0 Å². The van der Waals surface area contributed by atoms with Crippen LogP contribution < -0.4 is 10.5 Å². The Labute approximate surface area is 97.5 Å². The zero-order valence-corrected chi connectivity index (χ0v) is 9.63. The van der Waals surface area contributed by atoms with Crippen molar-refractivity contribution in [3.63, 3.8) is 0 Å². The fourth-order valence-corrected chi connectivity index (χ4v) is 2.25. The summed E-state index contributed by atoms with van der Waals surface area (Å²) in [5.74, 6) is 0.167. The lowest BCUT2D eigenvalue weighted by molar-refractivity contribution is 0.410. The van der Waals surface area contributed by atoms with Crippen molar-refractivity contribution in [2.24, 2.45) is 5.73 Å². The number of hydrogen-bond donors (Lipinski definition) is 1. The Balaban J connectivity index is 2.34. The molecule has 1 aromatic carbocycles. The highest BCUT2D eigenvalue weighted by Gasteiger charge is 2.14. The minimum absolute atomic E-state index is 0.333. The van der Waals surface area contributed by atoms with E-state index in [1.807, 2.05) is 17.5 Å². The summed E-state index contributed by atoms with van der Waals surface area (Å²) >= 11 is 1.52. The molecule has 1 atom stereocenters. The summed E-state index contributed by atoms with van der Waals surface area (Å²) in [5.41, 5.74) is 6.47. The van der Waals surface area contributed by atoms with Gasteiger partial charge in [0.25, 0.3) is 0 Å². The molecule has 1 aromatic heterocycles. The van der Waals surface area contributed by atoms with E-state index in [9.17, 15) is 4.39 Å². The summed E-state index contributed by atoms with van der Waals surface area (Å²) in [5, 5.41) is 1.93. The summed E-state index contributed by atoms with van der Waals surface area (Å²) in [6.45, 7) is 0. The van der Waals surface area contributed by atoms with Crippen LogP contribution in [0, 0.1) is 5.82 Å². The highest BCUT2D eigenvalue weighted by molar-refractivity contribution is 7.10. The molecular weight excluding hydrogens is 225 g/mol. The number of ether oxygens (including phenoxy) is 1. The second kappa shape index (κ2) is 4.63. The van der Waals surface area contributed by atoms with Crippen LogP contribution in [0.15, 0.2) is 35.7 Å². The van der Waals surface area contributed by atoms with Crippen LogP contribution in [-0.2, 0) is 0 Å². The summed E-state index contributed by atoms with van der Waals surface area (Å²) in [7, 11) is 1.51. The van der Waals surface area contributed by atoms with E-state index in [1.165, 1.54) is 24.5 Å². The predicted octanol–water partition coefficient (Wildman–Crippen LogP) is 2.94. The Hall–Kier alpha value is -1.39. The molecule has 2 N–H and O–H groups in total. The maximum atomic E-state index is 13.7. The zero-order valence-electron chi connectivity index (χ0n) is 8.81. The number of methoxy groups -OCH3 is 1. The van der Waals surface area contributed by atoms with Crippen LogP contribution >= 0.6 is 11.3 Å². The summed E-state index contributed by atoms with van der Waals surface area (Å²) in [4.78, 5) is 0.948. The van der Waals surface area contributed by atoms with Gasteiger partial charge >= 0.3 is 0 Å². The number of rotatable bonds is 3. The normalized spacial score (nSPS) is 12.4. The lowest BCUT2D eigenvalue weighted by Gasteiger charge is -2.11. The van der Waals surface area contributed by atoms with E-state index in [-0.39, 0.29) is 5.82 Å². The van der Waals surface area contributed by atoms with Crippen LogP contribution in [0.25, 0.3) is 0 Å². The van der Waals surface area contributed by atoms with E-state index in [0.717, 1.165) is 4.88 Å². The smallest absolute Gasteiger partial charge is 0.132 e. The third-order valence-electron chi connectivity index (χ3n) is 2.39. The average Bonchev–Trinajstić information content (AvgIpc) is 2.81. The summed E-state index contributed by atoms with van der Waals surface area (Å²) in [6, 6.07) is 8.12. The molecule has 1 unspecified atom stereocenters. The molecule has 2 aromatic rings. The number of halogens is 1. The first-order chi connectivity index (χ1) is 7.72. The molecule has 16 heavy (non-hydrogen) atoms. The molecule has 1 heterocycles. The molecule has 0 saturated heterocycles. The van der Waals surface area contributed by atoms with Crippen LogP contribution in [0.3, 0.4) is 0 Å². The Bertz CT molecular complexity index is 470. The molecule has 0 aliphatic rings. The first-order valence-corrected chi connectivity index (χ1v) is 5.72. The second-order valence-corrected chi connectivity index (χ2v) is 4.36. The van der Waals surface area contributed by atoms with Crippen LogP contribution in [0.5, 0.6) is 5.75 Å². The molecule has 0 bridgehead atoms. The molecule has 0 fully saturated rings. The second-order valence-electron chi connectivity index (χ2n) is 3.38. The third kappa shape index (κ3) is 2.08. The SMILES string of the molecule is COc1ccc(C(N)c2cccs2)c(F)c1. The standard InChI is InChI=1S/C12H12FNOS/c1-15-8-4-5-9(10(13)7-8)12(14)11-3-2-6-16-11/h2-7,12H,14H2,1H3. The van der Waals surface area contributed by atoms with E-state index in [0.29, 0.717) is 11.3 Å². The van der Waals surface area contributed by atoms with E-state index in [2.05, 4.69) is 0 Å². The van der Waals surface area contributed by atoms with Crippen molar-refractivity contribution in [3.05, 3.63) is 52.0 Å². The highest BCUT2D eigenvalue weighted by atomic mass is 32.1. The fraction of sp³-hybridized carbons (Fsp3) is 0.167. The Morgan fingerprint density at radius 1 is 1.38 bits per heavy atom. The van der Waals surface area contributed by atoms with Gasteiger partial charge in [-0.25, -0.2) is 4.39 Å². The van der Waals surface area contributed by atoms with E-state index in [1.54, 1.807) is 12.1 Å². The van der Waals surface area contributed by atoms with E-state index >= 15 is 0 Å². The van der Waals surface area contributed by atoms with Crippen LogP contribution in [0.2, 0.25) is 0 Å². The van der Waals surface area contributed by atoms with Gasteiger partial charge in [0.05, 0.1) is 13.2 Å².